The van der Waals surface area contributed by atoms with Crippen LogP contribution in [0, 0.1) is 5.82 Å². The van der Waals surface area contributed by atoms with Crippen molar-refractivity contribution in [3.05, 3.63) is 59.9 Å². The summed E-state index contributed by atoms with van der Waals surface area (Å²) in [5.74, 6) is -1.17. The zero-order valence-electron chi connectivity index (χ0n) is 15.6. The molecule has 3 heteroatoms. The molecule has 1 unspecified atom stereocenters. The van der Waals surface area contributed by atoms with Gasteiger partial charge in [-0.1, -0.05) is 76.6 Å². The summed E-state index contributed by atoms with van der Waals surface area (Å²) in [5.41, 5.74) is 1.96. The zero-order valence-corrected chi connectivity index (χ0v) is 15.6. The minimum absolute atomic E-state index is 0.334. The van der Waals surface area contributed by atoms with Crippen molar-refractivity contribution in [3.8, 4) is 11.1 Å². The molecule has 0 aliphatic heterocycles. The van der Waals surface area contributed by atoms with Crippen LogP contribution in [0.3, 0.4) is 0 Å². The summed E-state index contributed by atoms with van der Waals surface area (Å²) < 4.78 is 18.8. The van der Waals surface area contributed by atoms with Crippen LogP contribution in [0.1, 0.15) is 52.5 Å². The lowest BCUT2D eigenvalue weighted by molar-refractivity contribution is -0.141. The van der Waals surface area contributed by atoms with Crippen molar-refractivity contribution >= 4 is 5.97 Å². The topological polar surface area (TPSA) is 26.3 Å². The van der Waals surface area contributed by atoms with Gasteiger partial charge in [-0.15, -0.1) is 0 Å². The van der Waals surface area contributed by atoms with Crippen LogP contribution >= 0.6 is 0 Å². The second-order valence-corrected chi connectivity index (χ2v) is 5.06. The second kappa shape index (κ2) is 12.3. The number of methoxy groups -OCH3 is 1. The highest BCUT2D eigenvalue weighted by Crippen LogP contribution is 2.26. The highest BCUT2D eigenvalue weighted by Gasteiger charge is 2.17. The number of halogens is 1. The van der Waals surface area contributed by atoms with Crippen molar-refractivity contribution in [2.24, 2.45) is 0 Å². The maximum Gasteiger partial charge on any atom is 0.312 e. The van der Waals surface area contributed by atoms with E-state index in [1.54, 1.807) is 19.1 Å². The molecule has 0 aromatic heterocycles. The molecule has 1 atom stereocenters. The van der Waals surface area contributed by atoms with Gasteiger partial charge in [-0.3, -0.25) is 4.79 Å². The van der Waals surface area contributed by atoms with Crippen molar-refractivity contribution in [1.82, 2.24) is 0 Å². The average molecular weight is 332 g/mol. The predicted molar refractivity (Wildman–Crippen MR) is 99.6 cm³/mol. The fourth-order valence-corrected chi connectivity index (χ4v) is 1.97. The van der Waals surface area contributed by atoms with Crippen molar-refractivity contribution < 1.29 is 13.9 Å². The molecule has 24 heavy (non-hydrogen) atoms. The number of carbonyl (C=O) groups is 1. The highest BCUT2D eigenvalue weighted by molar-refractivity contribution is 5.78. The van der Waals surface area contributed by atoms with Crippen LogP contribution < -0.4 is 0 Å². The van der Waals surface area contributed by atoms with E-state index in [0.717, 1.165) is 5.56 Å². The SMILES string of the molecule is CC.CCC.COC(=O)C(C)c1ccc(-c2ccccc2)c(F)c1. The van der Waals surface area contributed by atoms with Crippen molar-refractivity contribution in [2.75, 3.05) is 7.11 Å². The van der Waals surface area contributed by atoms with E-state index in [9.17, 15) is 9.18 Å². The van der Waals surface area contributed by atoms with Crippen LogP contribution in [0.4, 0.5) is 4.39 Å². The Bertz CT molecular complexity index is 594. The zero-order chi connectivity index (χ0) is 18.5. The molecular formula is C21H29FO2. The van der Waals surface area contributed by atoms with E-state index in [-0.39, 0.29) is 11.8 Å². The van der Waals surface area contributed by atoms with Gasteiger partial charge in [-0.2, -0.15) is 0 Å². The van der Waals surface area contributed by atoms with Gasteiger partial charge in [-0.05, 0) is 24.1 Å². The lowest BCUT2D eigenvalue weighted by Gasteiger charge is -2.11. The van der Waals surface area contributed by atoms with Crippen molar-refractivity contribution in [3.63, 3.8) is 0 Å². The van der Waals surface area contributed by atoms with Crippen LogP contribution in [0.2, 0.25) is 0 Å². The molecule has 0 fully saturated rings. The largest absolute Gasteiger partial charge is 0.469 e. The quantitative estimate of drug-likeness (QED) is 0.624. The van der Waals surface area contributed by atoms with E-state index in [0.29, 0.717) is 11.1 Å². The first-order valence-corrected chi connectivity index (χ1v) is 8.47. The lowest BCUT2D eigenvalue weighted by atomic mass is 9.97. The van der Waals surface area contributed by atoms with E-state index in [1.807, 2.05) is 44.2 Å². The maximum absolute atomic E-state index is 14.1. The van der Waals surface area contributed by atoms with Gasteiger partial charge < -0.3 is 4.74 Å². The van der Waals surface area contributed by atoms with Gasteiger partial charge in [-0.25, -0.2) is 4.39 Å². The Kier molecular flexibility index (Phi) is 11.2. The monoisotopic (exact) mass is 332 g/mol. The number of benzene rings is 2. The first-order valence-electron chi connectivity index (χ1n) is 8.47. The summed E-state index contributed by atoms with van der Waals surface area (Å²) in [5, 5.41) is 0. The number of carbonyl (C=O) groups excluding carboxylic acids is 1. The molecule has 0 amide bonds. The van der Waals surface area contributed by atoms with Crippen LogP contribution in [0.25, 0.3) is 11.1 Å². The Labute approximate surface area is 145 Å². The third-order valence-electron chi connectivity index (χ3n) is 3.13. The molecular weight excluding hydrogens is 303 g/mol. The summed E-state index contributed by atoms with van der Waals surface area (Å²) >= 11 is 0. The Morgan fingerprint density at radius 3 is 2.08 bits per heavy atom. The Balaban J connectivity index is 0.000000952. The van der Waals surface area contributed by atoms with Gasteiger partial charge in [0.25, 0.3) is 0 Å². The van der Waals surface area contributed by atoms with Gasteiger partial charge in [0.15, 0.2) is 0 Å². The Hall–Kier alpha value is -2.16. The molecule has 0 radical (unpaired) electrons. The molecule has 2 aromatic rings. The smallest absolute Gasteiger partial charge is 0.312 e. The van der Waals surface area contributed by atoms with Gasteiger partial charge in [0.2, 0.25) is 0 Å². The molecule has 0 bridgehead atoms. The van der Waals surface area contributed by atoms with Crippen LogP contribution in [-0.2, 0) is 9.53 Å². The fraction of sp³-hybridized carbons (Fsp3) is 0.381. The first kappa shape index (κ1) is 21.8. The van der Waals surface area contributed by atoms with Gasteiger partial charge in [0.1, 0.15) is 5.82 Å². The molecule has 0 spiro atoms. The molecule has 2 aromatic carbocycles. The molecule has 0 aliphatic rings. The highest BCUT2D eigenvalue weighted by atomic mass is 19.1. The first-order chi connectivity index (χ1) is 11.5. The van der Waals surface area contributed by atoms with Crippen molar-refractivity contribution in [2.45, 2.75) is 47.0 Å². The van der Waals surface area contributed by atoms with Crippen LogP contribution in [0.5, 0.6) is 0 Å². The predicted octanol–water partition coefficient (Wildman–Crippen LogP) is 6.21. The minimum atomic E-state index is -0.468. The van der Waals surface area contributed by atoms with Gasteiger partial charge in [0, 0.05) is 5.56 Å². The molecule has 0 heterocycles. The van der Waals surface area contributed by atoms with E-state index in [4.69, 9.17) is 0 Å². The number of rotatable bonds is 3. The van der Waals surface area contributed by atoms with E-state index in [1.165, 1.54) is 19.6 Å². The summed E-state index contributed by atoms with van der Waals surface area (Å²) in [6.45, 7) is 9.95. The molecule has 132 valence electrons. The fourth-order valence-electron chi connectivity index (χ4n) is 1.97. The van der Waals surface area contributed by atoms with Gasteiger partial charge >= 0.3 is 5.97 Å². The molecule has 0 saturated heterocycles. The van der Waals surface area contributed by atoms with E-state index < -0.39 is 5.92 Å². The Morgan fingerprint density at radius 1 is 1.08 bits per heavy atom. The maximum atomic E-state index is 14.1. The van der Waals surface area contributed by atoms with Gasteiger partial charge in [0.05, 0.1) is 13.0 Å². The third kappa shape index (κ3) is 6.53. The molecule has 2 rings (SSSR count). The molecule has 0 N–H and O–H groups in total. The van der Waals surface area contributed by atoms with E-state index in [2.05, 4.69) is 18.6 Å². The van der Waals surface area contributed by atoms with Crippen LogP contribution in [-0.4, -0.2) is 13.1 Å². The Morgan fingerprint density at radius 2 is 1.62 bits per heavy atom. The molecule has 0 saturated carbocycles. The number of hydrogen-bond donors (Lipinski definition) is 0. The van der Waals surface area contributed by atoms with Crippen molar-refractivity contribution in [1.29, 1.82) is 0 Å². The minimum Gasteiger partial charge on any atom is -0.469 e. The summed E-state index contributed by atoms with van der Waals surface area (Å²) in [6.07, 6.45) is 1.25. The number of ether oxygens (including phenoxy) is 1. The summed E-state index contributed by atoms with van der Waals surface area (Å²) in [7, 11) is 1.33. The number of hydrogen-bond acceptors (Lipinski definition) is 2. The second-order valence-electron chi connectivity index (χ2n) is 5.06. The lowest BCUT2D eigenvalue weighted by Crippen LogP contribution is -2.11. The van der Waals surface area contributed by atoms with Crippen LogP contribution in [0.15, 0.2) is 48.5 Å². The average Bonchev–Trinajstić information content (AvgIpc) is 2.63. The number of esters is 1. The normalized spacial score (nSPS) is 10.5. The summed E-state index contributed by atoms with van der Waals surface area (Å²) in [4.78, 5) is 11.4. The molecule has 0 aliphatic carbocycles. The summed E-state index contributed by atoms with van der Waals surface area (Å²) in [6, 6.07) is 14.1. The standard InChI is InChI=1S/C16H15FO2.C3H8.C2H6/c1-11(16(18)19-2)13-8-9-14(15(17)10-13)12-6-4-3-5-7-12;1-3-2;1-2/h3-11H,1-2H3;3H2,1-2H3;1-2H3. The molecule has 2 nitrogen and oxygen atoms in total. The van der Waals surface area contributed by atoms with E-state index >= 15 is 0 Å². The third-order valence-corrected chi connectivity index (χ3v) is 3.13.